The quantitative estimate of drug-likeness (QED) is 0.264. The van der Waals surface area contributed by atoms with Crippen LogP contribution in [0.15, 0.2) is 84.9 Å². The average Bonchev–Trinajstić information content (AvgIpc) is 2.92. The van der Waals surface area contributed by atoms with Crippen LogP contribution in [0, 0.1) is 0 Å². The second-order valence-corrected chi connectivity index (χ2v) is 8.55. The van der Waals surface area contributed by atoms with Gasteiger partial charge in [0, 0.05) is 0 Å². The molecule has 0 heterocycles. The van der Waals surface area contributed by atoms with Crippen molar-refractivity contribution in [2.75, 3.05) is 0 Å². The maximum atomic E-state index is 12.3. The highest BCUT2D eigenvalue weighted by atomic mass is 16.7. The van der Waals surface area contributed by atoms with Crippen molar-refractivity contribution in [3.05, 3.63) is 96.1 Å². The van der Waals surface area contributed by atoms with Gasteiger partial charge < -0.3 is 19.9 Å². The van der Waals surface area contributed by atoms with Crippen LogP contribution in [0.25, 0.3) is 21.5 Å². The molecule has 4 N–H and O–H groups in total. The molecule has 0 bridgehead atoms. The summed E-state index contributed by atoms with van der Waals surface area (Å²) in [4.78, 5) is 34.5. The molecule has 0 aliphatic carbocycles. The van der Waals surface area contributed by atoms with Crippen LogP contribution in [0.2, 0.25) is 0 Å². The first-order valence-corrected chi connectivity index (χ1v) is 11.6. The third-order valence-electron chi connectivity index (χ3n) is 6.03. The molecule has 0 aromatic heterocycles. The van der Waals surface area contributed by atoms with Crippen molar-refractivity contribution >= 4 is 33.5 Å². The fourth-order valence-electron chi connectivity index (χ4n) is 4.05. The normalized spacial score (nSPS) is 14.7. The van der Waals surface area contributed by atoms with Crippen molar-refractivity contribution in [1.82, 2.24) is 11.0 Å². The van der Waals surface area contributed by atoms with Gasteiger partial charge in [0.1, 0.15) is 0 Å². The summed E-state index contributed by atoms with van der Waals surface area (Å²) in [6, 6.07) is 26.2. The van der Waals surface area contributed by atoms with Crippen molar-refractivity contribution in [2.45, 2.75) is 38.1 Å². The Bertz CT molecular complexity index is 1260. The lowest BCUT2D eigenvalue weighted by atomic mass is 10.0. The summed E-state index contributed by atoms with van der Waals surface area (Å²) in [7, 11) is 0. The molecule has 4 aromatic carbocycles. The van der Waals surface area contributed by atoms with Crippen LogP contribution in [0.4, 0.5) is 0 Å². The van der Waals surface area contributed by atoms with Crippen LogP contribution in [-0.4, -0.2) is 34.4 Å². The van der Waals surface area contributed by atoms with E-state index in [-0.39, 0.29) is 0 Å². The number of fused-ring (bicyclic) bond motifs is 2. The Hall–Kier alpha value is -3.82. The highest BCUT2D eigenvalue weighted by Gasteiger charge is 2.34. The molecule has 0 saturated heterocycles. The summed E-state index contributed by atoms with van der Waals surface area (Å²) in [5.74, 6) is -2.43. The van der Waals surface area contributed by atoms with E-state index in [1.807, 2.05) is 84.9 Å². The number of carbonyl (C=O) groups excluding carboxylic acids is 2. The maximum absolute atomic E-state index is 12.3. The number of nitrogens with one attached hydrogen (secondary N) is 2. The summed E-state index contributed by atoms with van der Waals surface area (Å²) in [5, 5.41) is 24.3. The zero-order valence-electron chi connectivity index (χ0n) is 19.9. The van der Waals surface area contributed by atoms with E-state index < -0.39 is 36.2 Å². The molecule has 0 fully saturated rings. The van der Waals surface area contributed by atoms with Gasteiger partial charge in [-0.2, -0.15) is 0 Å². The van der Waals surface area contributed by atoms with E-state index in [0.717, 1.165) is 32.7 Å². The maximum Gasteiger partial charge on any atom is 0.357 e. The predicted molar refractivity (Wildman–Crippen MR) is 135 cm³/mol. The van der Waals surface area contributed by atoms with Crippen LogP contribution in [0.5, 0.6) is 0 Å². The fraction of sp³-hybridized carbons (Fsp3) is 0.214. The molecule has 8 nitrogen and oxygen atoms in total. The van der Waals surface area contributed by atoms with E-state index in [1.54, 1.807) is 13.8 Å². The van der Waals surface area contributed by atoms with Gasteiger partial charge >= 0.3 is 11.9 Å². The Morgan fingerprint density at radius 1 is 0.611 bits per heavy atom. The molecule has 8 heteroatoms. The minimum atomic E-state index is -2.14. The molecule has 0 amide bonds. The number of rotatable bonds is 9. The van der Waals surface area contributed by atoms with E-state index >= 15 is 0 Å². The summed E-state index contributed by atoms with van der Waals surface area (Å²) < 4.78 is 0. The standard InChI is InChI=1S/C28H28N2O6/c1-17(21-15-7-11-19-9-3-5-13-23(19)21)29-35-27(33)25(31)26(32)28(34)36-30-18(2)22-16-8-12-20-10-4-6-14-24(20)22/h3-18,25-26,29-32H,1-2H3/t17-,18-,25?,26?/m1/s1. The average molecular weight is 489 g/mol. The van der Waals surface area contributed by atoms with E-state index in [9.17, 15) is 19.8 Å². The van der Waals surface area contributed by atoms with Crippen molar-refractivity contribution in [3.8, 4) is 0 Å². The highest BCUT2D eigenvalue weighted by molar-refractivity contribution is 5.87. The van der Waals surface area contributed by atoms with Gasteiger partial charge in [0.15, 0.2) is 12.2 Å². The van der Waals surface area contributed by atoms with Gasteiger partial charge in [0.25, 0.3) is 0 Å². The molecule has 0 spiro atoms. The Kier molecular flexibility index (Phi) is 7.92. The van der Waals surface area contributed by atoms with Gasteiger partial charge in [-0.25, -0.2) is 9.59 Å². The Morgan fingerprint density at radius 2 is 0.972 bits per heavy atom. The second-order valence-electron chi connectivity index (χ2n) is 8.55. The first-order valence-electron chi connectivity index (χ1n) is 11.6. The van der Waals surface area contributed by atoms with Crippen molar-refractivity contribution < 1.29 is 29.5 Å². The van der Waals surface area contributed by atoms with E-state index in [1.165, 1.54) is 0 Å². The van der Waals surface area contributed by atoms with Gasteiger partial charge in [-0.3, -0.25) is 0 Å². The highest BCUT2D eigenvalue weighted by Crippen LogP contribution is 2.25. The molecule has 186 valence electrons. The zero-order valence-corrected chi connectivity index (χ0v) is 19.9. The van der Waals surface area contributed by atoms with Gasteiger partial charge in [-0.1, -0.05) is 84.9 Å². The molecule has 0 saturated carbocycles. The lowest BCUT2D eigenvalue weighted by molar-refractivity contribution is -0.183. The van der Waals surface area contributed by atoms with E-state index in [2.05, 4.69) is 11.0 Å². The SMILES string of the molecule is C[C@@H](NOC(=O)C(O)C(O)C(=O)ON[C@H](C)c1cccc2ccccc12)c1cccc2ccccc12. The predicted octanol–water partition coefficient (Wildman–Crippen LogP) is 3.63. The van der Waals surface area contributed by atoms with Gasteiger partial charge in [-0.15, -0.1) is 11.0 Å². The largest absolute Gasteiger partial charge is 0.379 e. The zero-order chi connectivity index (χ0) is 25.7. The second kappa shape index (κ2) is 11.3. The summed E-state index contributed by atoms with van der Waals surface area (Å²) >= 11 is 0. The minimum absolute atomic E-state index is 0.417. The molecular weight excluding hydrogens is 460 g/mol. The Labute approximate surface area is 208 Å². The van der Waals surface area contributed by atoms with Gasteiger partial charge in [-0.05, 0) is 46.5 Å². The third kappa shape index (κ3) is 5.53. The third-order valence-corrected chi connectivity index (χ3v) is 6.03. The van der Waals surface area contributed by atoms with Crippen LogP contribution in [0.1, 0.15) is 37.1 Å². The molecule has 2 unspecified atom stereocenters. The number of aliphatic hydroxyl groups excluding tert-OH is 2. The summed E-state index contributed by atoms with van der Waals surface area (Å²) in [5.41, 5.74) is 6.89. The molecule has 0 aliphatic rings. The molecule has 36 heavy (non-hydrogen) atoms. The molecule has 0 radical (unpaired) electrons. The number of hydrogen-bond donors (Lipinski definition) is 4. The van der Waals surface area contributed by atoms with E-state index in [4.69, 9.17) is 9.68 Å². The molecule has 0 aliphatic heterocycles. The molecular formula is C28H28N2O6. The van der Waals surface area contributed by atoms with Gasteiger partial charge in [0.2, 0.25) is 0 Å². The number of benzene rings is 4. The summed E-state index contributed by atoms with van der Waals surface area (Å²) in [6.07, 6.45) is -4.28. The number of hydrogen-bond acceptors (Lipinski definition) is 8. The first-order chi connectivity index (χ1) is 17.4. The van der Waals surface area contributed by atoms with Crippen LogP contribution in [0.3, 0.4) is 0 Å². The topological polar surface area (TPSA) is 117 Å². The number of aliphatic hydroxyl groups is 2. The first kappa shape index (κ1) is 25.3. The van der Waals surface area contributed by atoms with Crippen molar-refractivity contribution in [1.29, 1.82) is 0 Å². The fourth-order valence-corrected chi connectivity index (χ4v) is 4.05. The number of carbonyl (C=O) groups is 2. The molecule has 4 atom stereocenters. The van der Waals surface area contributed by atoms with E-state index in [0.29, 0.717) is 0 Å². The molecule has 4 aromatic rings. The minimum Gasteiger partial charge on any atom is -0.379 e. The van der Waals surface area contributed by atoms with Crippen LogP contribution in [-0.2, 0) is 19.3 Å². The monoisotopic (exact) mass is 488 g/mol. The van der Waals surface area contributed by atoms with Crippen LogP contribution < -0.4 is 11.0 Å². The van der Waals surface area contributed by atoms with Gasteiger partial charge in [0.05, 0.1) is 12.1 Å². The summed E-state index contributed by atoms with van der Waals surface area (Å²) in [6.45, 7) is 3.56. The molecule has 4 rings (SSSR count). The lowest BCUT2D eigenvalue weighted by Gasteiger charge is -2.20. The smallest absolute Gasteiger partial charge is 0.357 e. The Morgan fingerprint density at radius 3 is 1.39 bits per heavy atom. The lowest BCUT2D eigenvalue weighted by Crippen LogP contribution is -2.45. The Balaban J connectivity index is 1.31. The van der Waals surface area contributed by atoms with Crippen molar-refractivity contribution in [2.24, 2.45) is 0 Å². The number of hydroxylamine groups is 2. The van der Waals surface area contributed by atoms with Crippen molar-refractivity contribution in [3.63, 3.8) is 0 Å². The van der Waals surface area contributed by atoms with Crippen LogP contribution >= 0.6 is 0 Å².